The number of amides is 3. The summed E-state index contributed by atoms with van der Waals surface area (Å²) < 4.78 is 5.47. The second-order valence-corrected chi connectivity index (χ2v) is 9.05. The molecule has 0 saturated carbocycles. The van der Waals surface area contributed by atoms with Gasteiger partial charge in [0.15, 0.2) is 6.10 Å². The summed E-state index contributed by atoms with van der Waals surface area (Å²) in [6.07, 6.45) is 3.91. The molecule has 4 atom stereocenters. The van der Waals surface area contributed by atoms with E-state index in [1.807, 2.05) is 26.0 Å². The first kappa shape index (κ1) is 24.4. The summed E-state index contributed by atoms with van der Waals surface area (Å²) >= 11 is 0. The molecule has 1 aliphatic carbocycles. The van der Waals surface area contributed by atoms with Crippen molar-refractivity contribution in [1.82, 2.24) is 4.90 Å². The third-order valence-corrected chi connectivity index (χ3v) is 5.97. The first-order valence-corrected chi connectivity index (χ1v) is 11.2. The van der Waals surface area contributed by atoms with E-state index < -0.39 is 35.7 Å². The molecule has 0 radical (unpaired) electrons. The lowest BCUT2D eigenvalue weighted by atomic mass is 9.85. The number of benzene rings is 1. The highest BCUT2D eigenvalue weighted by Gasteiger charge is 2.51. The number of allylic oxidation sites excluding steroid dienone is 2. The molecule has 8 heteroatoms. The van der Waals surface area contributed by atoms with Gasteiger partial charge >= 0.3 is 5.97 Å². The number of nitrogens with zero attached hydrogens (tertiary/aromatic N) is 1. The van der Waals surface area contributed by atoms with E-state index in [1.165, 1.54) is 26.0 Å². The van der Waals surface area contributed by atoms with Crippen LogP contribution < -0.4 is 5.32 Å². The van der Waals surface area contributed by atoms with Crippen LogP contribution in [0.5, 0.6) is 0 Å². The average molecular weight is 455 g/mol. The van der Waals surface area contributed by atoms with Gasteiger partial charge in [0, 0.05) is 18.2 Å². The Morgan fingerprint density at radius 1 is 1.00 bits per heavy atom. The van der Waals surface area contributed by atoms with E-state index in [2.05, 4.69) is 5.32 Å². The number of likely N-dealkylation sites (tertiary alicyclic amines) is 1. The maximum absolute atomic E-state index is 13.1. The predicted octanol–water partition coefficient (Wildman–Crippen LogP) is 3.13. The molecule has 0 aromatic heterocycles. The number of rotatable bonds is 8. The van der Waals surface area contributed by atoms with Crippen LogP contribution in [0.1, 0.15) is 57.3 Å². The minimum Gasteiger partial charge on any atom is -0.453 e. The molecule has 176 valence electrons. The molecular formula is C25H30N2O6. The third-order valence-electron chi connectivity index (χ3n) is 5.97. The smallest absolute Gasteiger partial charge is 0.330 e. The van der Waals surface area contributed by atoms with Crippen molar-refractivity contribution in [3.05, 3.63) is 42.0 Å². The lowest BCUT2D eigenvalue weighted by Crippen LogP contribution is -2.48. The van der Waals surface area contributed by atoms with Crippen LogP contribution >= 0.6 is 0 Å². The van der Waals surface area contributed by atoms with Gasteiger partial charge in [0.05, 0.1) is 11.8 Å². The van der Waals surface area contributed by atoms with Crippen molar-refractivity contribution in [3.63, 3.8) is 0 Å². The normalized spacial score (nSPS) is 21.5. The highest BCUT2D eigenvalue weighted by molar-refractivity contribution is 6.08. The van der Waals surface area contributed by atoms with Crippen LogP contribution in [0.15, 0.2) is 36.4 Å². The summed E-state index contributed by atoms with van der Waals surface area (Å²) in [5.41, 5.74) is 0.859. The van der Waals surface area contributed by atoms with E-state index >= 15 is 0 Å². The highest BCUT2D eigenvalue weighted by atomic mass is 16.5. The molecule has 3 rings (SSSR count). The molecule has 1 fully saturated rings. The fourth-order valence-electron chi connectivity index (χ4n) is 4.35. The van der Waals surface area contributed by atoms with Crippen molar-refractivity contribution in [2.24, 2.45) is 17.8 Å². The number of hydrogen-bond donors (Lipinski definition) is 1. The molecule has 1 heterocycles. The summed E-state index contributed by atoms with van der Waals surface area (Å²) in [7, 11) is 0. The highest BCUT2D eigenvalue weighted by Crippen LogP contribution is 2.37. The summed E-state index contributed by atoms with van der Waals surface area (Å²) in [5, 5.41) is 2.62. The van der Waals surface area contributed by atoms with Crippen LogP contribution in [0, 0.1) is 17.8 Å². The summed E-state index contributed by atoms with van der Waals surface area (Å²) in [5.74, 6) is -2.94. The molecular weight excluding hydrogens is 424 g/mol. The van der Waals surface area contributed by atoms with Gasteiger partial charge in [-0.05, 0) is 56.4 Å². The van der Waals surface area contributed by atoms with Crippen molar-refractivity contribution in [1.29, 1.82) is 0 Å². The van der Waals surface area contributed by atoms with E-state index in [1.54, 1.807) is 12.1 Å². The van der Waals surface area contributed by atoms with Gasteiger partial charge < -0.3 is 10.1 Å². The number of imide groups is 1. The van der Waals surface area contributed by atoms with Crippen molar-refractivity contribution in [2.45, 2.75) is 59.1 Å². The zero-order valence-corrected chi connectivity index (χ0v) is 19.4. The number of carbonyl (C=O) groups is 5. The average Bonchev–Trinajstić information content (AvgIpc) is 3.02. The van der Waals surface area contributed by atoms with E-state index in [-0.39, 0.29) is 30.1 Å². The van der Waals surface area contributed by atoms with Gasteiger partial charge in [0.25, 0.3) is 0 Å². The Morgan fingerprint density at radius 3 is 2.03 bits per heavy atom. The molecule has 1 saturated heterocycles. The Balaban J connectivity index is 1.73. The van der Waals surface area contributed by atoms with E-state index in [0.717, 1.165) is 4.90 Å². The Labute approximate surface area is 193 Å². The Hall–Kier alpha value is -3.29. The number of anilines is 1. The molecule has 3 amide bonds. The van der Waals surface area contributed by atoms with E-state index in [0.29, 0.717) is 24.1 Å². The molecule has 0 spiro atoms. The second kappa shape index (κ2) is 10.1. The first-order valence-electron chi connectivity index (χ1n) is 11.2. The molecule has 1 aromatic carbocycles. The molecule has 1 aliphatic heterocycles. The molecule has 1 aromatic rings. The van der Waals surface area contributed by atoms with Crippen molar-refractivity contribution >= 4 is 35.2 Å². The largest absolute Gasteiger partial charge is 0.453 e. The molecule has 8 nitrogen and oxygen atoms in total. The quantitative estimate of drug-likeness (QED) is 0.280. The fourth-order valence-corrected chi connectivity index (χ4v) is 4.35. The third kappa shape index (κ3) is 5.38. The number of nitrogens with one attached hydrogen (secondary N) is 1. The second-order valence-electron chi connectivity index (χ2n) is 9.05. The summed E-state index contributed by atoms with van der Waals surface area (Å²) in [4.78, 5) is 64.1. The number of ketones is 1. The molecule has 2 aliphatic rings. The summed E-state index contributed by atoms with van der Waals surface area (Å²) in [6.45, 7) is 6.64. The zero-order chi connectivity index (χ0) is 24.3. The van der Waals surface area contributed by atoms with Gasteiger partial charge in [-0.1, -0.05) is 26.0 Å². The van der Waals surface area contributed by atoms with Gasteiger partial charge in [0.1, 0.15) is 6.04 Å². The van der Waals surface area contributed by atoms with Crippen LogP contribution in [0.25, 0.3) is 0 Å². The van der Waals surface area contributed by atoms with Crippen molar-refractivity contribution in [2.75, 3.05) is 5.32 Å². The minimum absolute atomic E-state index is 0.0243. The monoisotopic (exact) mass is 454 g/mol. The van der Waals surface area contributed by atoms with Crippen LogP contribution in [0.4, 0.5) is 5.69 Å². The predicted molar refractivity (Wildman–Crippen MR) is 121 cm³/mol. The number of hydrogen-bond acceptors (Lipinski definition) is 6. The number of Topliss-reactive ketones (excluding diaryl/α,β-unsaturated/α-hetero) is 1. The van der Waals surface area contributed by atoms with Gasteiger partial charge in [-0.3, -0.25) is 24.1 Å². The molecule has 0 unspecified atom stereocenters. The van der Waals surface area contributed by atoms with Crippen LogP contribution in [-0.4, -0.2) is 46.5 Å². The maximum atomic E-state index is 13.1. The lowest BCUT2D eigenvalue weighted by molar-refractivity contribution is -0.161. The van der Waals surface area contributed by atoms with Crippen molar-refractivity contribution in [3.8, 4) is 0 Å². The number of fused-ring (bicyclic) bond motifs is 1. The van der Waals surface area contributed by atoms with Gasteiger partial charge in [-0.15, -0.1) is 0 Å². The van der Waals surface area contributed by atoms with Gasteiger partial charge in [-0.2, -0.15) is 0 Å². The number of esters is 1. The maximum Gasteiger partial charge on any atom is 0.330 e. The van der Waals surface area contributed by atoms with E-state index in [4.69, 9.17) is 4.74 Å². The van der Waals surface area contributed by atoms with Crippen molar-refractivity contribution < 1.29 is 28.7 Å². The Bertz CT molecular complexity index is 955. The molecule has 1 N–H and O–H groups in total. The zero-order valence-electron chi connectivity index (χ0n) is 19.4. The van der Waals surface area contributed by atoms with Gasteiger partial charge in [0.2, 0.25) is 23.5 Å². The summed E-state index contributed by atoms with van der Waals surface area (Å²) in [6, 6.07) is 5.18. The SMILES string of the molecule is CC(=O)Nc1ccc(C(=O)[C@H](C)OC(=O)[C@H](CC(C)C)N2C(=O)[C@@H]3CC=CC[C@H]3C2=O)cc1. The standard InChI is InChI=1S/C25H30N2O6/c1-14(2)13-21(27-23(30)19-7-5-6-8-20(19)24(27)31)25(32)33-15(3)22(29)17-9-11-18(12-10-17)26-16(4)28/h5-6,9-12,14-15,19-21H,7-8,13H2,1-4H3,(H,26,28)/t15-,19+,20+,21-/m0/s1. The fraction of sp³-hybridized carbons (Fsp3) is 0.480. The number of ether oxygens (including phenoxy) is 1. The Kier molecular flexibility index (Phi) is 7.46. The van der Waals surface area contributed by atoms with Crippen LogP contribution in [-0.2, 0) is 23.9 Å². The molecule has 33 heavy (non-hydrogen) atoms. The minimum atomic E-state index is -1.10. The number of carbonyl (C=O) groups excluding carboxylic acids is 5. The van der Waals surface area contributed by atoms with Crippen LogP contribution in [0.2, 0.25) is 0 Å². The van der Waals surface area contributed by atoms with Crippen LogP contribution in [0.3, 0.4) is 0 Å². The Morgan fingerprint density at radius 2 is 1.55 bits per heavy atom. The lowest BCUT2D eigenvalue weighted by Gasteiger charge is -2.27. The first-order chi connectivity index (χ1) is 15.6. The van der Waals surface area contributed by atoms with E-state index in [9.17, 15) is 24.0 Å². The topological polar surface area (TPSA) is 110 Å². The molecule has 0 bridgehead atoms. The van der Waals surface area contributed by atoms with Gasteiger partial charge in [-0.25, -0.2) is 4.79 Å².